The van der Waals surface area contributed by atoms with Gasteiger partial charge in [0.25, 0.3) is 0 Å². The highest BCUT2D eigenvalue weighted by atomic mass is 15.2. The van der Waals surface area contributed by atoms with E-state index in [4.69, 9.17) is 0 Å². The lowest BCUT2D eigenvalue weighted by atomic mass is 9.84. The van der Waals surface area contributed by atoms with Crippen LogP contribution in [0.5, 0.6) is 0 Å². The zero-order valence-corrected chi connectivity index (χ0v) is 11.4. The maximum absolute atomic E-state index is 2.42. The molecule has 0 atom stereocenters. The summed E-state index contributed by atoms with van der Waals surface area (Å²) >= 11 is 0. The lowest BCUT2D eigenvalue weighted by Gasteiger charge is -2.28. The third-order valence-electron chi connectivity index (χ3n) is 3.99. The van der Waals surface area contributed by atoms with Crippen molar-refractivity contribution in [2.45, 2.75) is 52.1 Å². The molecule has 1 heterocycles. The first-order chi connectivity index (χ1) is 7.23. The van der Waals surface area contributed by atoms with Gasteiger partial charge in [-0.15, -0.1) is 0 Å². The van der Waals surface area contributed by atoms with Gasteiger partial charge in [-0.2, -0.15) is 0 Å². The molecule has 88 valence electrons. The molecule has 1 heteroatoms. The number of hydrogen-bond donors (Lipinski definition) is 0. The maximum Gasteiger partial charge on any atom is 0.0408 e. The first-order valence-electron chi connectivity index (χ1n) is 6.08. The molecule has 0 N–H and O–H groups in total. The monoisotopic (exact) mass is 217 g/mol. The minimum Gasteiger partial charge on any atom is -0.293 e. The summed E-state index contributed by atoms with van der Waals surface area (Å²) in [4.78, 5) is 2.42. The van der Waals surface area contributed by atoms with Gasteiger partial charge in [-0.25, -0.2) is 0 Å². The molecule has 0 radical (unpaired) electrons. The topological polar surface area (TPSA) is 3.24 Å². The SMILES string of the molecule is CN1Cc2cc(C(C)(C)C)ccc2C1(C)C. The third-order valence-corrected chi connectivity index (χ3v) is 3.99. The fourth-order valence-corrected chi connectivity index (χ4v) is 2.45. The van der Waals surface area contributed by atoms with E-state index in [1.54, 1.807) is 0 Å². The van der Waals surface area contributed by atoms with Crippen molar-refractivity contribution in [3.8, 4) is 0 Å². The van der Waals surface area contributed by atoms with Crippen LogP contribution in [0.1, 0.15) is 51.3 Å². The average Bonchev–Trinajstić information content (AvgIpc) is 2.36. The molecule has 1 aromatic rings. The highest BCUT2D eigenvalue weighted by Gasteiger charge is 2.34. The van der Waals surface area contributed by atoms with Crippen LogP contribution in [0.3, 0.4) is 0 Å². The summed E-state index contributed by atoms with van der Waals surface area (Å²) in [5, 5.41) is 0. The van der Waals surface area contributed by atoms with Gasteiger partial charge in [-0.1, -0.05) is 39.0 Å². The summed E-state index contributed by atoms with van der Waals surface area (Å²) in [5.41, 5.74) is 4.87. The van der Waals surface area contributed by atoms with E-state index >= 15 is 0 Å². The fraction of sp³-hybridized carbons (Fsp3) is 0.600. The second-order valence-electron chi connectivity index (χ2n) is 6.54. The zero-order valence-electron chi connectivity index (χ0n) is 11.4. The van der Waals surface area contributed by atoms with Crippen LogP contribution in [0, 0.1) is 0 Å². The number of hydrogen-bond acceptors (Lipinski definition) is 1. The third kappa shape index (κ3) is 1.67. The zero-order chi connectivity index (χ0) is 12.1. The van der Waals surface area contributed by atoms with Crippen LogP contribution in [0.2, 0.25) is 0 Å². The molecule has 1 aliphatic heterocycles. The van der Waals surface area contributed by atoms with E-state index in [1.165, 1.54) is 16.7 Å². The second-order valence-corrected chi connectivity index (χ2v) is 6.54. The first kappa shape index (κ1) is 11.7. The average molecular weight is 217 g/mol. The molecule has 0 spiro atoms. The Morgan fingerprint density at radius 1 is 1.19 bits per heavy atom. The van der Waals surface area contributed by atoms with Crippen molar-refractivity contribution in [2.75, 3.05) is 7.05 Å². The highest BCUT2D eigenvalue weighted by Crippen LogP contribution is 2.39. The van der Waals surface area contributed by atoms with Gasteiger partial charge in [0.2, 0.25) is 0 Å². The molecule has 0 saturated carbocycles. The van der Waals surface area contributed by atoms with Crippen molar-refractivity contribution in [2.24, 2.45) is 0 Å². The Morgan fingerprint density at radius 3 is 2.38 bits per heavy atom. The second kappa shape index (κ2) is 3.33. The Balaban J connectivity index is 2.49. The Hall–Kier alpha value is -0.820. The van der Waals surface area contributed by atoms with E-state index in [1.807, 2.05) is 0 Å². The lowest BCUT2D eigenvalue weighted by molar-refractivity contribution is 0.178. The van der Waals surface area contributed by atoms with Gasteiger partial charge in [-0.05, 0) is 43.0 Å². The summed E-state index contributed by atoms with van der Waals surface area (Å²) in [7, 11) is 2.21. The van der Waals surface area contributed by atoms with Crippen LogP contribution < -0.4 is 0 Å². The smallest absolute Gasteiger partial charge is 0.0408 e. The Bertz CT molecular complexity index is 410. The van der Waals surface area contributed by atoms with Gasteiger partial charge < -0.3 is 0 Å². The minimum absolute atomic E-state index is 0.186. The quantitative estimate of drug-likeness (QED) is 0.641. The molecule has 0 fully saturated rings. The van der Waals surface area contributed by atoms with E-state index in [-0.39, 0.29) is 11.0 Å². The van der Waals surface area contributed by atoms with Crippen molar-refractivity contribution >= 4 is 0 Å². The molecular formula is C15H23N. The Kier molecular flexibility index (Phi) is 2.43. The predicted octanol–water partition coefficient (Wildman–Crippen LogP) is 3.66. The fourth-order valence-electron chi connectivity index (χ4n) is 2.45. The largest absolute Gasteiger partial charge is 0.293 e. The van der Waals surface area contributed by atoms with Gasteiger partial charge in [0.05, 0.1) is 0 Å². The van der Waals surface area contributed by atoms with Gasteiger partial charge in [0.1, 0.15) is 0 Å². The summed E-state index contributed by atoms with van der Waals surface area (Å²) < 4.78 is 0. The van der Waals surface area contributed by atoms with Crippen molar-refractivity contribution in [3.05, 3.63) is 34.9 Å². The summed E-state index contributed by atoms with van der Waals surface area (Å²) in [5.74, 6) is 0. The molecule has 16 heavy (non-hydrogen) atoms. The van der Waals surface area contributed by atoms with Crippen molar-refractivity contribution in [1.82, 2.24) is 4.90 Å². The summed E-state index contributed by atoms with van der Waals surface area (Å²) in [6.45, 7) is 12.5. The molecule has 1 aromatic carbocycles. The molecule has 0 unspecified atom stereocenters. The summed E-state index contributed by atoms with van der Waals surface area (Å²) in [6, 6.07) is 7.00. The van der Waals surface area contributed by atoms with Crippen molar-refractivity contribution in [3.63, 3.8) is 0 Å². The molecule has 0 amide bonds. The van der Waals surface area contributed by atoms with E-state index in [2.05, 4.69) is 64.8 Å². The highest BCUT2D eigenvalue weighted by molar-refractivity contribution is 5.41. The van der Waals surface area contributed by atoms with Gasteiger partial charge in [-0.3, -0.25) is 4.90 Å². The number of nitrogens with zero attached hydrogens (tertiary/aromatic N) is 1. The lowest BCUT2D eigenvalue weighted by Crippen LogP contribution is -2.31. The van der Waals surface area contributed by atoms with Crippen LogP contribution in [0.25, 0.3) is 0 Å². The van der Waals surface area contributed by atoms with E-state index in [9.17, 15) is 0 Å². The number of fused-ring (bicyclic) bond motifs is 1. The van der Waals surface area contributed by atoms with E-state index < -0.39 is 0 Å². The minimum atomic E-state index is 0.186. The van der Waals surface area contributed by atoms with Crippen molar-refractivity contribution < 1.29 is 0 Å². The molecule has 2 rings (SSSR count). The van der Waals surface area contributed by atoms with Gasteiger partial charge in [0, 0.05) is 12.1 Å². The molecule has 0 aliphatic carbocycles. The van der Waals surface area contributed by atoms with Gasteiger partial charge >= 0.3 is 0 Å². The van der Waals surface area contributed by atoms with E-state index in [0.717, 1.165) is 6.54 Å². The normalized spacial score (nSPS) is 19.9. The molecule has 0 saturated heterocycles. The van der Waals surface area contributed by atoms with Crippen molar-refractivity contribution in [1.29, 1.82) is 0 Å². The standard InChI is InChI=1S/C15H23N/c1-14(2,3)12-7-8-13-11(9-12)10-16(6)15(13,4)5/h7-9H,10H2,1-6H3. The molecular weight excluding hydrogens is 194 g/mol. The van der Waals surface area contributed by atoms with Crippen LogP contribution in [-0.2, 0) is 17.5 Å². The van der Waals surface area contributed by atoms with Gasteiger partial charge in [0.15, 0.2) is 0 Å². The molecule has 0 aromatic heterocycles. The first-order valence-corrected chi connectivity index (χ1v) is 6.08. The molecule has 1 nitrogen and oxygen atoms in total. The Labute approximate surface area is 99.5 Å². The predicted molar refractivity (Wildman–Crippen MR) is 69.6 cm³/mol. The molecule has 0 bridgehead atoms. The number of rotatable bonds is 0. The molecule has 1 aliphatic rings. The van der Waals surface area contributed by atoms with Crippen LogP contribution in [0.4, 0.5) is 0 Å². The van der Waals surface area contributed by atoms with Crippen LogP contribution in [0.15, 0.2) is 18.2 Å². The van der Waals surface area contributed by atoms with Crippen LogP contribution in [-0.4, -0.2) is 11.9 Å². The van der Waals surface area contributed by atoms with E-state index in [0.29, 0.717) is 0 Å². The Morgan fingerprint density at radius 2 is 1.81 bits per heavy atom. The maximum atomic E-state index is 2.42. The summed E-state index contributed by atoms with van der Waals surface area (Å²) in [6.07, 6.45) is 0. The number of benzene rings is 1. The van der Waals surface area contributed by atoms with Crippen LogP contribution >= 0.6 is 0 Å².